The predicted octanol–water partition coefficient (Wildman–Crippen LogP) is 3.27. The normalized spacial score (nSPS) is 13.5. The molecule has 1 aliphatic rings. The molecule has 2 N–H and O–H groups in total. The number of carbonyl (C=O) groups excluding carboxylic acids is 2. The zero-order valence-electron chi connectivity index (χ0n) is 17.9. The number of benzene rings is 2. The molecule has 0 bridgehead atoms. The Morgan fingerprint density at radius 3 is 2.39 bits per heavy atom. The number of nitrogens with one attached hydrogen (secondary N) is 2. The van der Waals surface area contributed by atoms with Crippen molar-refractivity contribution >= 4 is 40.5 Å². The minimum absolute atomic E-state index is 0.208. The quantitative estimate of drug-likeness (QED) is 0.672. The Morgan fingerprint density at radius 1 is 1.03 bits per heavy atom. The largest absolute Gasteiger partial charge is 0.494 e. The molecule has 31 heavy (non-hydrogen) atoms. The van der Waals surface area contributed by atoms with Crippen LogP contribution in [0.1, 0.15) is 30.6 Å². The van der Waals surface area contributed by atoms with Crippen LogP contribution in [0, 0.1) is 0 Å². The van der Waals surface area contributed by atoms with Crippen molar-refractivity contribution in [2.24, 2.45) is 0 Å². The van der Waals surface area contributed by atoms with Gasteiger partial charge in [-0.3, -0.25) is 14.9 Å². The van der Waals surface area contributed by atoms with E-state index in [-0.39, 0.29) is 16.9 Å². The predicted molar refractivity (Wildman–Crippen MR) is 127 cm³/mol. The molecule has 0 aliphatic carbocycles. The van der Waals surface area contributed by atoms with E-state index in [1.165, 1.54) is 0 Å². The highest BCUT2D eigenvalue weighted by Crippen LogP contribution is 2.20. The van der Waals surface area contributed by atoms with Gasteiger partial charge in [0.15, 0.2) is 5.11 Å². The summed E-state index contributed by atoms with van der Waals surface area (Å²) in [6, 6.07) is 14.8. The topological polar surface area (TPSA) is 73.9 Å². The molecule has 1 heterocycles. The van der Waals surface area contributed by atoms with Gasteiger partial charge in [0.2, 0.25) is 5.91 Å². The minimum atomic E-state index is -0.296. The molecule has 3 rings (SSSR count). The van der Waals surface area contributed by atoms with E-state index in [0.29, 0.717) is 24.3 Å². The lowest BCUT2D eigenvalue weighted by atomic mass is 10.2. The molecule has 2 aromatic rings. The molecule has 1 fully saturated rings. The van der Waals surface area contributed by atoms with Crippen LogP contribution in [0.4, 0.5) is 11.4 Å². The first-order chi connectivity index (χ1) is 15.0. The molecule has 0 saturated carbocycles. The molecule has 164 valence electrons. The molecule has 8 heteroatoms. The van der Waals surface area contributed by atoms with Crippen LogP contribution in [0.15, 0.2) is 48.5 Å². The summed E-state index contributed by atoms with van der Waals surface area (Å²) in [7, 11) is 0. The maximum Gasteiger partial charge on any atom is 0.257 e. The van der Waals surface area contributed by atoms with Crippen LogP contribution in [-0.4, -0.2) is 54.6 Å². The van der Waals surface area contributed by atoms with Crippen molar-refractivity contribution in [3.05, 3.63) is 54.1 Å². The molecule has 1 aliphatic heterocycles. The smallest absolute Gasteiger partial charge is 0.257 e. The standard InChI is InChI=1S/C23H28N4O3S/c1-3-21(28)27-14-12-26(13-15-27)19-10-8-18(9-11-19)24-23(31)25-22(29)17-6-5-7-20(16-17)30-4-2/h5-11,16H,3-4,12-15H2,1-2H3,(H2,24,25,29,31). The third-order valence-corrected chi connectivity index (χ3v) is 5.26. The molecule has 1 saturated heterocycles. The Balaban J connectivity index is 1.51. The number of thiocarbonyl (C=S) groups is 1. The van der Waals surface area contributed by atoms with Gasteiger partial charge >= 0.3 is 0 Å². The fourth-order valence-corrected chi connectivity index (χ4v) is 3.64. The van der Waals surface area contributed by atoms with Crippen molar-refractivity contribution < 1.29 is 14.3 Å². The number of nitrogens with zero attached hydrogens (tertiary/aromatic N) is 2. The third-order valence-electron chi connectivity index (χ3n) is 5.06. The van der Waals surface area contributed by atoms with Crippen molar-refractivity contribution in [1.82, 2.24) is 10.2 Å². The molecule has 0 radical (unpaired) electrons. The zero-order chi connectivity index (χ0) is 22.2. The van der Waals surface area contributed by atoms with Crippen molar-refractivity contribution in [2.45, 2.75) is 20.3 Å². The summed E-state index contributed by atoms with van der Waals surface area (Å²) in [6.45, 7) is 7.44. The van der Waals surface area contributed by atoms with Crippen molar-refractivity contribution in [3.63, 3.8) is 0 Å². The van der Waals surface area contributed by atoms with Gasteiger partial charge in [0, 0.05) is 49.5 Å². The lowest BCUT2D eigenvalue weighted by Gasteiger charge is -2.36. The van der Waals surface area contributed by atoms with E-state index in [2.05, 4.69) is 15.5 Å². The first kappa shape index (κ1) is 22.6. The first-order valence-corrected chi connectivity index (χ1v) is 10.9. The van der Waals surface area contributed by atoms with Crippen LogP contribution in [-0.2, 0) is 4.79 Å². The average molecular weight is 441 g/mol. The number of carbonyl (C=O) groups is 2. The average Bonchev–Trinajstić information content (AvgIpc) is 2.79. The third kappa shape index (κ3) is 6.18. The molecular weight excluding hydrogens is 412 g/mol. The molecule has 0 spiro atoms. The van der Waals surface area contributed by atoms with Crippen LogP contribution < -0.4 is 20.3 Å². The number of anilines is 2. The number of piperazine rings is 1. The zero-order valence-corrected chi connectivity index (χ0v) is 18.7. The number of rotatable bonds is 6. The Kier molecular flexibility index (Phi) is 7.83. The number of hydrogen-bond acceptors (Lipinski definition) is 5. The number of amides is 2. The van der Waals surface area contributed by atoms with E-state index in [9.17, 15) is 9.59 Å². The Labute approximate surface area is 188 Å². The van der Waals surface area contributed by atoms with Gasteiger partial charge in [-0.25, -0.2) is 0 Å². The van der Waals surface area contributed by atoms with Crippen LogP contribution in [0.25, 0.3) is 0 Å². The van der Waals surface area contributed by atoms with Crippen molar-refractivity contribution in [1.29, 1.82) is 0 Å². The fourth-order valence-electron chi connectivity index (χ4n) is 3.42. The molecule has 2 amide bonds. The highest BCUT2D eigenvalue weighted by Gasteiger charge is 2.20. The summed E-state index contributed by atoms with van der Waals surface area (Å²) in [5.41, 5.74) is 2.36. The molecule has 0 atom stereocenters. The summed E-state index contributed by atoms with van der Waals surface area (Å²) < 4.78 is 5.43. The minimum Gasteiger partial charge on any atom is -0.494 e. The van der Waals surface area contributed by atoms with E-state index < -0.39 is 0 Å². The first-order valence-electron chi connectivity index (χ1n) is 10.5. The molecule has 2 aromatic carbocycles. The van der Waals surface area contributed by atoms with Gasteiger partial charge in [0.1, 0.15) is 5.75 Å². The summed E-state index contributed by atoms with van der Waals surface area (Å²) in [5.74, 6) is 0.555. The summed E-state index contributed by atoms with van der Waals surface area (Å²) in [5, 5.41) is 5.96. The van der Waals surface area contributed by atoms with Gasteiger partial charge in [-0.2, -0.15) is 0 Å². The van der Waals surface area contributed by atoms with E-state index >= 15 is 0 Å². The lowest BCUT2D eigenvalue weighted by Crippen LogP contribution is -2.48. The summed E-state index contributed by atoms with van der Waals surface area (Å²) in [6.07, 6.45) is 0.550. The fraction of sp³-hybridized carbons (Fsp3) is 0.348. The molecule has 0 aromatic heterocycles. The Morgan fingerprint density at radius 2 is 1.74 bits per heavy atom. The monoisotopic (exact) mass is 440 g/mol. The maximum absolute atomic E-state index is 12.4. The van der Waals surface area contributed by atoms with E-state index in [1.54, 1.807) is 24.3 Å². The lowest BCUT2D eigenvalue weighted by molar-refractivity contribution is -0.131. The van der Waals surface area contributed by atoms with Gasteiger partial charge in [-0.15, -0.1) is 0 Å². The van der Waals surface area contributed by atoms with E-state index in [1.807, 2.05) is 43.0 Å². The molecular formula is C23H28N4O3S. The van der Waals surface area contributed by atoms with Crippen LogP contribution in [0.2, 0.25) is 0 Å². The SMILES string of the molecule is CCOc1cccc(C(=O)NC(=S)Nc2ccc(N3CCN(C(=O)CC)CC3)cc2)c1. The second-order valence-electron chi connectivity index (χ2n) is 7.14. The highest BCUT2D eigenvalue weighted by molar-refractivity contribution is 7.80. The summed E-state index contributed by atoms with van der Waals surface area (Å²) >= 11 is 5.28. The second-order valence-corrected chi connectivity index (χ2v) is 7.55. The van der Waals surface area contributed by atoms with Crippen LogP contribution >= 0.6 is 12.2 Å². The Bertz CT molecular complexity index is 925. The van der Waals surface area contributed by atoms with Crippen molar-refractivity contribution in [3.8, 4) is 5.75 Å². The molecule has 7 nitrogen and oxygen atoms in total. The number of ether oxygens (including phenoxy) is 1. The van der Waals surface area contributed by atoms with Crippen LogP contribution in [0.3, 0.4) is 0 Å². The Hall–Kier alpha value is -3.13. The van der Waals surface area contributed by atoms with Gasteiger partial charge in [-0.05, 0) is 61.6 Å². The van der Waals surface area contributed by atoms with E-state index in [0.717, 1.165) is 37.6 Å². The van der Waals surface area contributed by atoms with E-state index in [4.69, 9.17) is 17.0 Å². The number of hydrogen-bond donors (Lipinski definition) is 2. The second kappa shape index (κ2) is 10.8. The molecule has 0 unspecified atom stereocenters. The highest BCUT2D eigenvalue weighted by atomic mass is 32.1. The summed E-state index contributed by atoms with van der Waals surface area (Å²) in [4.78, 5) is 28.4. The van der Waals surface area contributed by atoms with Crippen molar-refractivity contribution in [2.75, 3.05) is 43.0 Å². The van der Waals surface area contributed by atoms with Gasteiger partial charge in [0.25, 0.3) is 5.91 Å². The maximum atomic E-state index is 12.4. The van der Waals surface area contributed by atoms with Crippen LogP contribution in [0.5, 0.6) is 5.75 Å². The van der Waals surface area contributed by atoms with Gasteiger partial charge in [-0.1, -0.05) is 13.0 Å². The van der Waals surface area contributed by atoms with Gasteiger partial charge in [0.05, 0.1) is 6.61 Å². The van der Waals surface area contributed by atoms with Gasteiger partial charge < -0.3 is 19.9 Å².